The van der Waals surface area contributed by atoms with Gasteiger partial charge in [-0.2, -0.15) is 0 Å². The highest BCUT2D eigenvalue weighted by Gasteiger charge is 2.23. The summed E-state index contributed by atoms with van der Waals surface area (Å²) in [6.45, 7) is 8.88. The molecule has 0 aliphatic carbocycles. The summed E-state index contributed by atoms with van der Waals surface area (Å²) in [5.74, 6) is -0.597. The first kappa shape index (κ1) is 19.7. The van der Waals surface area contributed by atoms with Crippen LogP contribution in [0.5, 0.6) is 0 Å². The summed E-state index contributed by atoms with van der Waals surface area (Å²) in [6.07, 6.45) is -1.08. The van der Waals surface area contributed by atoms with E-state index in [1.54, 1.807) is 32.9 Å². The van der Waals surface area contributed by atoms with Crippen molar-refractivity contribution in [2.45, 2.75) is 32.1 Å². The van der Waals surface area contributed by atoms with Gasteiger partial charge in [0.25, 0.3) is 10.0 Å². The molecule has 1 amide bonds. The average molecular weight is 355 g/mol. The summed E-state index contributed by atoms with van der Waals surface area (Å²) in [5.41, 5.74) is 1.26. The molecule has 0 aromatic heterocycles. The third-order valence-electron chi connectivity index (χ3n) is 2.97. The predicted molar refractivity (Wildman–Crippen MR) is 88.0 cm³/mol. The number of benzene rings is 1. The van der Waals surface area contributed by atoms with E-state index in [0.29, 0.717) is 5.56 Å². The summed E-state index contributed by atoms with van der Waals surface area (Å²) in [6, 6.07) is 4.57. The number of esters is 1. The van der Waals surface area contributed by atoms with Gasteiger partial charge in [0.15, 0.2) is 0 Å². The van der Waals surface area contributed by atoms with Crippen molar-refractivity contribution in [3.05, 3.63) is 41.5 Å². The average Bonchev–Trinajstić information content (AvgIpc) is 2.46. The summed E-state index contributed by atoms with van der Waals surface area (Å²) in [7, 11) is -4.13. The van der Waals surface area contributed by atoms with Gasteiger partial charge in [0.2, 0.25) is 0 Å². The minimum absolute atomic E-state index is 0.0143. The Hall–Kier alpha value is -2.35. The number of amides is 1. The molecule has 0 spiro atoms. The van der Waals surface area contributed by atoms with Gasteiger partial charge in [0.1, 0.15) is 0 Å². The third-order valence-corrected chi connectivity index (χ3v) is 4.38. The molecule has 0 radical (unpaired) electrons. The molecule has 0 unspecified atom stereocenters. The molecular formula is C16H21NO6S. The fraction of sp³-hybridized carbons (Fsp3) is 0.375. The van der Waals surface area contributed by atoms with E-state index in [1.807, 2.05) is 4.72 Å². The fourth-order valence-corrected chi connectivity index (χ4v) is 3.08. The van der Waals surface area contributed by atoms with Gasteiger partial charge < -0.3 is 9.47 Å². The largest absolute Gasteiger partial charge is 0.463 e. The smallest absolute Gasteiger partial charge is 0.421 e. The first-order valence-corrected chi connectivity index (χ1v) is 8.83. The minimum atomic E-state index is -4.13. The molecule has 0 fully saturated rings. The number of hydrogen-bond donors (Lipinski definition) is 1. The van der Waals surface area contributed by atoms with Crippen molar-refractivity contribution >= 4 is 22.1 Å². The highest BCUT2D eigenvalue weighted by Crippen LogP contribution is 2.21. The van der Waals surface area contributed by atoms with Crippen LogP contribution in [-0.4, -0.2) is 33.7 Å². The number of sulfonamides is 1. The molecule has 24 heavy (non-hydrogen) atoms. The van der Waals surface area contributed by atoms with Gasteiger partial charge in [-0.25, -0.2) is 22.7 Å². The van der Waals surface area contributed by atoms with Gasteiger partial charge >= 0.3 is 12.1 Å². The predicted octanol–water partition coefficient (Wildman–Crippen LogP) is 2.09. The number of carbonyl (C=O) groups is 2. The van der Waals surface area contributed by atoms with Crippen molar-refractivity contribution < 1.29 is 27.5 Å². The lowest BCUT2D eigenvalue weighted by atomic mass is 10.0. The van der Waals surface area contributed by atoms with E-state index < -0.39 is 22.1 Å². The van der Waals surface area contributed by atoms with Crippen LogP contribution in [0.15, 0.2) is 35.2 Å². The first-order chi connectivity index (χ1) is 11.2. The number of rotatable bonds is 7. The van der Waals surface area contributed by atoms with Crippen LogP contribution < -0.4 is 4.72 Å². The first-order valence-electron chi connectivity index (χ1n) is 7.35. The van der Waals surface area contributed by atoms with Gasteiger partial charge in [-0.05, 0) is 32.4 Å². The standard InChI is InChI=1S/C16H21NO6S/c1-5-22-15(18)12(4)10-13-9-11(3)7-8-14(13)24(20,21)17-16(19)23-6-2/h7-9H,4-6,10H2,1-3H3,(H,17,19). The molecule has 0 saturated heterocycles. The lowest BCUT2D eigenvalue weighted by Gasteiger charge is -2.13. The van der Waals surface area contributed by atoms with Crippen LogP contribution in [0.2, 0.25) is 0 Å². The maximum atomic E-state index is 12.4. The van der Waals surface area contributed by atoms with Crippen LogP contribution in [0.1, 0.15) is 25.0 Å². The van der Waals surface area contributed by atoms with Crippen molar-refractivity contribution in [3.8, 4) is 0 Å². The van der Waals surface area contributed by atoms with Crippen molar-refractivity contribution in [3.63, 3.8) is 0 Å². The van der Waals surface area contributed by atoms with E-state index in [-0.39, 0.29) is 30.1 Å². The van der Waals surface area contributed by atoms with Crippen molar-refractivity contribution in [1.82, 2.24) is 4.72 Å². The molecule has 0 saturated carbocycles. The van der Waals surface area contributed by atoms with Crippen LogP contribution in [0.4, 0.5) is 4.79 Å². The van der Waals surface area contributed by atoms with Crippen LogP contribution in [-0.2, 0) is 30.7 Å². The Morgan fingerprint density at radius 3 is 2.38 bits per heavy atom. The Bertz CT molecular complexity index is 739. The number of nitrogens with one attached hydrogen (secondary N) is 1. The molecule has 0 bridgehead atoms. The van der Waals surface area contributed by atoms with Crippen LogP contribution in [0, 0.1) is 6.92 Å². The Morgan fingerprint density at radius 2 is 1.79 bits per heavy atom. The molecule has 7 nitrogen and oxygen atoms in total. The quantitative estimate of drug-likeness (QED) is 0.594. The highest BCUT2D eigenvalue weighted by molar-refractivity contribution is 7.90. The zero-order chi connectivity index (χ0) is 18.3. The lowest BCUT2D eigenvalue weighted by Crippen LogP contribution is -2.32. The second-order valence-electron chi connectivity index (χ2n) is 4.94. The van der Waals surface area contributed by atoms with Crippen LogP contribution >= 0.6 is 0 Å². The number of carbonyl (C=O) groups excluding carboxylic acids is 2. The zero-order valence-corrected chi connectivity index (χ0v) is 14.7. The second kappa shape index (κ2) is 8.49. The fourth-order valence-electron chi connectivity index (χ4n) is 1.97. The molecule has 0 heterocycles. The second-order valence-corrected chi connectivity index (χ2v) is 6.59. The Balaban J connectivity index is 3.14. The number of hydrogen-bond acceptors (Lipinski definition) is 6. The van der Waals surface area contributed by atoms with E-state index >= 15 is 0 Å². The number of ether oxygens (including phenoxy) is 2. The van der Waals surface area contributed by atoms with E-state index in [9.17, 15) is 18.0 Å². The normalized spacial score (nSPS) is 10.8. The Labute approximate surface area is 141 Å². The summed E-state index contributed by atoms with van der Waals surface area (Å²) >= 11 is 0. The topological polar surface area (TPSA) is 98.8 Å². The Morgan fingerprint density at radius 1 is 1.17 bits per heavy atom. The molecular weight excluding hydrogens is 334 g/mol. The van der Waals surface area contributed by atoms with Crippen molar-refractivity contribution in [1.29, 1.82) is 0 Å². The minimum Gasteiger partial charge on any atom is -0.463 e. The zero-order valence-electron chi connectivity index (χ0n) is 13.9. The molecule has 1 aromatic carbocycles. The van der Waals surface area contributed by atoms with Crippen LogP contribution in [0.3, 0.4) is 0 Å². The molecule has 132 valence electrons. The molecule has 1 N–H and O–H groups in total. The maximum absolute atomic E-state index is 12.4. The van der Waals surface area contributed by atoms with Crippen LogP contribution in [0.25, 0.3) is 0 Å². The van der Waals surface area contributed by atoms with E-state index in [2.05, 4.69) is 11.3 Å². The van der Waals surface area contributed by atoms with E-state index in [4.69, 9.17) is 4.74 Å². The molecule has 1 aromatic rings. The molecule has 0 aliphatic rings. The lowest BCUT2D eigenvalue weighted by molar-refractivity contribution is -0.138. The van der Waals surface area contributed by atoms with Gasteiger partial charge in [-0.3, -0.25) is 0 Å². The van der Waals surface area contributed by atoms with Gasteiger partial charge in [0, 0.05) is 12.0 Å². The summed E-state index contributed by atoms with van der Waals surface area (Å²) in [5, 5.41) is 0. The monoisotopic (exact) mass is 355 g/mol. The van der Waals surface area contributed by atoms with Gasteiger partial charge in [-0.1, -0.05) is 24.3 Å². The van der Waals surface area contributed by atoms with E-state index in [0.717, 1.165) is 5.56 Å². The molecule has 0 atom stereocenters. The molecule has 1 rings (SSSR count). The SMILES string of the molecule is C=C(Cc1cc(C)ccc1S(=O)(=O)NC(=O)OCC)C(=O)OCC. The third kappa shape index (κ3) is 5.38. The number of aryl methyl sites for hydroxylation is 1. The van der Waals surface area contributed by atoms with Crippen molar-refractivity contribution in [2.75, 3.05) is 13.2 Å². The Kier molecular flexibility index (Phi) is 6.97. The molecule has 8 heteroatoms. The molecule has 0 aliphatic heterocycles. The van der Waals surface area contributed by atoms with Gasteiger partial charge in [-0.15, -0.1) is 0 Å². The summed E-state index contributed by atoms with van der Waals surface area (Å²) < 4.78 is 36.0. The van der Waals surface area contributed by atoms with Gasteiger partial charge in [0.05, 0.1) is 18.1 Å². The van der Waals surface area contributed by atoms with E-state index in [1.165, 1.54) is 6.07 Å². The maximum Gasteiger partial charge on any atom is 0.421 e. The highest BCUT2D eigenvalue weighted by atomic mass is 32.2. The van der Waals surface area contributed by atoms with Crippen molar-refractivity contribution in [2.24, 2.45) is 0 Å². The summed E-state index contributed by atoms with van der Waals surface area (Å²) in [4.78, 5) is 23.0.